The molecule has 0 bridgehead atoms. The summed E-state index contributed by atoms with van der Waals surface area (Å²) in [6.45, 7) is 9.05. The highest BCUT2D eigenvalue weighted by Gasteiger charge is 2.10. The first-order valence-corrected chi connectivity index (χ1v) is 8.12. The highest BCUT2D eigenvalue weighted by Crippen LogP contribution is 2.12. The molecule has 0 heterocycles. The lowest BCUT2D eigenvalue weighted by atomic mass is 10.0. The molecule has 0 aromatic heterocycles. The van der Waals surface area contributed by atoms with Crippen LogP contribution in [-0.4, -0.2) is 50.7 Å². The van der Waals surface area contributed by atoms with Crippen LogP contribution in [0, 0.1) is 5.92 Å². The molecule has 0 aromatic rings. The van der Waals surface area contributed by atoms with Crippen LogP contribution in [0.25, 0.3) is 0 Å². The maximum absolute atomic E-state index is 9.87. The molecule has 4 heteroatoms. The molecule has 0 fully saturated rings. The Bertz CT molecular complexity index is 202. The van der Waals surface area contributed by atoms with Crippen molar-refractivity contribution in [2.75, 3.05) is 33.5 Å². The van der Waals surface area contributed by atoms with Crippen molar-refractivity contribution >= 4 is 0 Å². The van der Waals surface area contributed by atoms with Crippen molar-refractivity contribution in [3.05, 3.63) is 0 Å². The second-order valence-corrected chi connectivity index (χ2v) is 5.70. The Morgan fingerprint density at radius 1 is 1.15 bits per heavy atom. The standard InChI is InChI=1S/C16H35NO3/c1-5-7-8-15(6-2)12-20-13-16(18)11-17-14(3)9-10-19-4/h14-18H,5-13H2,1-4H3. The second-order valence-electron chi connectivity index (χ2n) is 5.70. The van der Waals surface area contributed by atoms with E-state index < -0.39 is 6.10 Å². The van der Waals surface area contributed by atoms with E-state index in [-0.39, 0.29) is 0 Å². The molecule has 0 aromatic carbocycles. The molecule has 0 radical (unpaired) electrons. The van der Waals surface area contributed by atoms with Crippen LogP contribution >= 0.6 is 0 Å². The smallest absolute Gasteiger partial charge is 0.0897 e. The lowest BCUT2D eigenvalue weighted by molar-refractivity contribution is 0.0181. The average molecular weight is 289 g/mol. The quantitative estimate of drug-likeness (QED) is 0.516. The van der Waals surface area contributed by atoms with Gasteiger partial charge in [-0.15, -0.1) is 0 Å². The normalized spacial score (nSPS) is 16.1. The molecule has 3 atom stereocenters. The van der Waals surface area contributed by atoms with Crippen molar-refractivity contribution in [3.8, 4) is 0 Å². The summed E-state index contributed by atoms with van der Waals surface area (Å²) in [6.07, 6.45) is 5.42. The van der Waals surface area contributed by atoms with Crippen molar-refractivity contribution in [2.24, 2.45) is 5.92 Å². The van der Waals surface area contributed by atoms with Gasteiger partial charge in [0, 0.05) is 32.9 Å². The Labute approximate surface area is 125 Å². The summed E-state index contributed by atoms with van der Waals surface area (Å²) in [5.74, 6) is 0.635. The minimum absolute atomic E-state index is 0.359. The summed E-state index contributed by atoms with van der Waals surface area (Å²) in [4.78, 5) is 0. The fourth-order valence-corrected chi connectivity index (χ4v) is 2.06. The summed E-state index contributed by atoms with van der Waals surface area (Å²) in [6, 6.07) is 0.359. The van der Waals surface area contributed by atoms with E-state index in [0.717, 1.165) is 26.1 Å². The van der Waals surface area contributed by atoms with Crippen LogP contribution in [-0.2, 0) is 9.47 Å². The number of rotatable bonds is 14. The fraction of sp³-hybridized carbons (Fsp3) is 1.00. The van der Waals surface area contributed by atoms with E-state index in [2.05, 4.69) is 26.1 Å². The molecule has 0 aliphatic carbocycles. The maximum atomic E-state index is 9.87. The molecule has 3 unspecified atom stereocenters. The SMILES string of the molecule is CCCCC(CC)COCC(O)CNC(C)CCOC. The van der Waals surface area contributed by atoms with Crippen molar-refractivity contribution in [2.45, 2.75) is 65.0 Å². The van der Waals surface area contributed by atoms with Crippen molar-refractivity contribution in [3.63, 3.8) is 0 Å². The number of hydrogen-bond acceptors (Lipinski definition) is 4. The van der Waals surface area contributed by atoms with E-state index >= 15 is 0 Å². The van der Waals surface area contributed by atoms with Crippen LogP contribution in [0.3, 0.4) is 0 Å². The first kappa shape index (κ1) is 19.8. The largest absolute Gasteiger partial charge is 0.389 e. The molecule has 0 rings (SSSR count). The van der Waals surface area contributed by atoms with Crippen LogP contribution in [0.1, 0.15) is 52.9 Å². The monoisotopic (exact) mass is 289 g/mol. The maximum Gasteiger partial charge on any atom is 0.0897 e. The van der Waals surface area contributed by atoms with E-state index in [9.17, 15) is 5.11 Å². The van der Waals surface area contributed by atoms with E-state index in [0.29, 0.717) is 25.1 Å². The number of unbranched alkanes of at least 4 members (excludes halogenated alkanes) is 1. The number of hydrogen-bond donors (Lipinski definition) is 2. The van der Waals surface area contributed by atoms with E-state index in [1.807, 2.05) is 0 Å². The summed E-state index contributed by atoms with van der Waals surface area (Å²) in [5.41, 5.74) is 0. The number of aliphatic hydroxyl groups excluding tert-OH is 1. The molecule has 2 N–H and O–H groups in total. The van der Waals surface area contributed by atoms with Gasteiger partial charge in [0.25, 0.3) is 0 Å². The molecule has 0 spiro atoms. The summed E-state index contributed by atoms with van der Waals surface area (Å²) in [5, 5.41) is 13.2. The molecule has 0 aliphatic rings. The fourth-order valence-electron chi connectivity index (χ4n) is 2.06. The first-order valence-electron chi connectivity index (χ1n) is 8.12. The predicted octanol–water partition coefficient (Wildman–Crippen LogP) is 2.59. The van der Waals surface area contributed by atoms with E-state index in [1.54, 1.807) is 7.11 Å². The van der Waals surface area contributed by atoms with Gasteiger partial charge in [-0.25, -0.2) is 0 Å². The van der Waals surface area contributed by atoms with Gasteiger partial charge in [0.15, 0.2) is 0 Å². The van der Waals surface area contributed by atoms with Gasteiger partial charge in [-0.3, -0.25) is 0 Å². The highest BCUT2D eigenvalue weighted by molar-refractivity contribution is 4.65. The molecule has 0 aliphatic heterocycles. The third-order valence-corrected chi connectivity index (χ3v) is 3.66. The molecule has 122 valence electrons. The average Bonchev–Trinajstić information content (AvgIpc) is 2.46. The third-order valence-electron chi connectivity index (χ3n) is 3.66. The zero-order chi connectivity index (χ0) is 15.2. The molecule has 0 amide bonds. The van der Waals surface area contributed by atoms with Crippen molar-refractivity contribution < 1.29 is 14.6 Å². The Morgan fingerprint density at radius 3 is 2.50 bits per heavy atom. The number of aliphatic hydroxyl groups is 1. The minimum atomic E-state index is -0.427. The van der Waals surface area contributed by atoms with Crippen LogP contribution in [0.5, 0.6) is 0 Å². The Balaban J connectivity index is 3.58. The summed E-state index contributed by atoms with van der Waals surface area (Å²) in [7, 11) is 1.71. The zero-order valence-corrected chi connectivity index (χ0v) is 13.9. The summed E-state index contributed by atoms with van der Waals surface area (Å²) >= 11 is 0. The second kappa shape index (κ2) is 13.8. The van der Waals surface area contributed by atoms with Gasteiger partial charge in [-0.2, -0.15) is 0 Å². The van der Waals surface area contributed by atoms with Crippen molar-refractivity contribution in [1.29, 1.82) is 0 Å². The van der Waals surface area contributed by atoms with Crippen LogP contribution in [0.4, 0.5) is 0 Å². The molecular formula is C16H35NO3. The van der Waals surface area contributed by atoms with Gasteiger partial charge in [0.2, 0.25) is 0 Å². The topological polar surface area (TPSA) is 50.7 Å². The van der Waals surface area contributed by atoms with Gasteiger partial charge in [0.05, 0.1) is 12.7 Å². The van der Waals surface area contributed by atoms with Gasteiger partial charge < -0.3 is 19.9 Å². The number of nitrogens with one attached hydrogen (secondary N) is 1. The molecule has 0 saturated heterocycles. The molecule has 20 heavy (non-hydrogen) atoms. The molecule has 4 nitrogen and oxygen atoms in total. The third kappa shape index (κ3) is 11.6. The van der Waals surface area contributed by atoms with Crippen molar-refractivity contribution in [1.82, 2.24) is 5.32 Å². The number of ether oxygens (including phenoxy) is 2. The lowest BCUT2D eigenvalue weighted by Gasteiger charge is -2.19. The summed E-state index contributed by atoms with van der Waals surface area (Å²) < 4.78 is 10.7. The first-order chi connectivity index (χ1) is 9.63. The zero-order valence-electron chi connectivity index (χ0n) is 13.9. The minimum Gasteiger partial charge on any atom is -0.389 e. The highest BCUT2D eigenvalue weighted by atomic mass is 16.5. The van der Waals surface area contributed by atoms with E-state index in [1.165, 1.54) is 19.3 Å². The van der Waals surface area contributed by atoms with Gasteiger partial charge in [-0.1, -0.05) is 33.1 Å². The number of methoxy groups -OCH3 is 1. The molecular weight excluding hydrogens is 254 g/mol. The molecule has 0 saturated carbocycles. The Kier molecular flexibility index (Phi) is 13.7. The van der Waals surface area contributed by atoms with Crippen LogP contribution in [0.2, 0.25) is 0 Å². The van der Waals surface area contributed by atoms with Crippen LogP contribution in [0.15, 0.2) is 0 Å². The predicted molar refractivity (Wildman–Crippen MR) is 84.1 cm³/mol. The van der Waals surface area contributed by atoms with Crippen LogP contribution < -0.4 is 5.32 Å². The Hall–Kier alpha value is -0.160. The van der Waals surface area contributed by atoms with Gasteiger partial charge >= 0.3 is 0 Å². The van der Waals surface area contributed by atoms with E-state index in [4.69, 9.17) is 9.47 Å². The Morgan fingerprint density at radius 2 is 1.90 bits per heavy atom. The van der Waals surface area contributed by atoms with Gasteiger partial charge in [-0.05, 0) is 25.7 Å². The lowest BCUT2D eigenvalue weighted by Crippen LogP contribution is -2.36. The van der Waals surface area contributed by atoms with Gasteiger partial charge in [0.1, 0.15) is 0 Å².